The van der Waals surface area contributed by atoms with E-state index in [9.17, 15) is 4.79 Å². The average molecular weight is 254 g/mol. The number of nitriles is 1. The standard InChI is InChI=1S/C10H8BrNO2/c1-14-10(13)9(6-12)7-2-4-8(11)5-3-7/h2-5,9H,1H3/t9-/m0/s1. The lowest BCUT2D eigenvalue weighted by molar-refractivity contribution is -0.140. The average Bonchev–Trinajstić information content (AvgIpc) is 2.21. The molecule has 0 spiro atoms. The fraction of sp³-hybridized carbons (Fsp3) is 0.200. The van der Waals surface area contributed by atoms with Crippen molar-refractivity contribution in [3.8, 4) is 6.07 Å². The first-order chi connectivity index (χ1) is 6.69. The summed E-state index contributed by atoms with van der Waals surface area (Å²) < 4.78 is 5.42. The van der Waals surface area contributed by atoms with Crippen molar-refractivity contribution in [2.45, 2.75) is 5.92 Å². The smallest absolute Gasteiger partial charge is 0.327 e. The number of hydrogen-bond acceptors (Lipinski definition) is 3. The van der Waals surface area contributed by atoms with E-state index in [1.165, 1.54) is 7.11 Å². The zero-order valence-corrected chi connectivity index (χ0v) is 9.11. The number of benzene rings is 1. The molecule has 0 aromatic heterocycles. The molecule has 0 saturated heterocycles. The molecule has 1 aromatic rings. The molecule has 0 amide bonds. The van der Waals surface area contributed by atoms with E-state index in [1.807, 2.05) is 6.07 Å². The SMILES string of the molecule is COC(=O)[C@@H](C#N)c1ccc(Br)cc1. The molecule has 3 nitrogen and oxygen atoms in total. The van der Waals surface area contributed by atoms with E-state index >= 15 is 0 Å². The Morgan fingerprint density at radius 2 is 2.07 bits per heavy atom. The highest BCUT2D eigenvalue weighted by Crippen LogP contribution is 2.19. The van der Waals surface area contributed by atoms with Crippen LogP contribution in [0.15, 0.2) is 28.7 Å². The molecule has 1 atom stereocenters. The lowest BCUT2D eigenvalue weighted by atomic mass is 10.0. The molecule has 0 fully saturated rings. The molecule has 0 N–H and O–H groups in total. The van der Waals surface area contributed by atoms with Gasteiger partial charge in [0, 0.05) is 4.47 Å². The third kappa shape index (κ3) is 2.33. The van der Waals surface area contributed by atoms with Gasteiger partial charge in [0.2, 0.25) is 0 Å². The van der Waals surface area contributed by atoms with Crippen LogP contribution in [0.5, 0.6) is 0 Å². The Bertz CT molecular complexity index is 367. The van der Waals surface area contributed by atoms with Crippen LogP contribution in [0.4, 0.5) is 0 Å². The molecule has 72 valence electrons. The third-order valence-electron chi connectivity index (χ3n) is 1.77. The van der Waals surface area contributed by atoms with Crippen LogP contribution in [0, 0.1) is 11.3 Å². The predicted octanol–water partition coefficient (Wildman–Crippen LogP) is 2.23. The maximum absolute atomic E-state index is 11.2. The largest absolute Gasteiger partial charge is 0.468 e. The van der Waals surface area contributed by atoms with Crippen LogP contribution >= 0.6 is 15.9 Å². The van der Waals surface area contributed by atoms with Crippen molar-refractivity contribution in [1.29, 1.82) is 5.26 Å². The zero-order valence-electron chi connectivity index (χ0n) is 7.53. The number of methoxy groups -OCH3 is 1. The van der Waals surface area contributed by atoms with Crippen LogP contribution in [0.2, 0.25) is 0 Å². The maximum atomic E-state index is 11.2. The van der Waals surface area contributed by atoms with E-state index in [-0.39, 0.29) is 0 Å². The quantitative estimate of drug-likeness (QED) is 0.760. The van der Waals surface area contributed by atoms with Gasteiger partial charge in [-0.2, -0.15) is 5.26 Å². The molecular formula is C10H8BrNO2. The summed E-state index contributed by atoms with van der Waals surface area (Å²) in [5, 5.41) is 8.79. The summed E-state index contributed by atoms with van der Waals surface area (Å²) in [6.45, 7) is 0. The minimum absolute atomic E-state index is 0.533. The number of nitrogens with zero attached hydrogens (tertiary/aromatic N) is 1. The first kappa shape index (κ1) is 10.7. The molecular weight excluding hydrogens is 246 g/mol. The van der Waals surface area contributed by atoms with Gasteiger partial charge in [0.05, 0.1) is 13.2 Å². The summed E-state index contributed by atoms with van der Waals surface area (Å²) in [6.07, 6.45) is 0. The summed E-state index contributed by atoms with van der Waals surface area (Å²) in [6, 6.07) is 8.89. The lowest BCUT2D eigenvalue weighted by Crippen LogP contribution is -2.12. The lowest BCUT2D eigenvalue weighted by Gasteiger charge is -2.06. The Labute approximate surface area is 90.4 Å². The highest BCUT2D eigenvalue weighted by molar-refractivity contribution is 9.10. The maximum Gasteiger partial charge on any atom is 0.327 e. The van der Waals surface area contributed by atoms with Gasteiger partial charge in [0.15, 0.2) is 5.92 Å². The predicted molar refractivity (Wildman–Crippen MR) is 54.5 cm³/mol. The van der Waals surface area contributed by atoms with E-state index in [1.54, 1.807) is 24.3 Å². The van der Waals surface area contributed by atoms with Gasteiger partial charge in [-0.15, -0.1) is 0 Å². The van der Waals surface area contributed by atoms with Crippen LogP contribution in [0.3, 0.4) is 0 Å². The monoisotopic (exact) mass is 253 g/mol. The van der Waals surface area contributed by atoms with Crippen molar-refractivity contribution >= 4 is 21.9 Å². The molecule has 14 heavy (non-hydrogen) atoms. The van der Waals surface area contributed by atoms with Crippen molar-refractivity contribution in [1.82, 2.24) is 0 Å². The van der Waals surface area contributed by atoms with Crippen molar-refractivity contribution in [2.75, 3.05) is 7.11 Å². The summed E-state index contributed by atoms with van der Waals surface area (Å²) >= 11 is 3.27. The van der Waals surface area contributed by atoms with Crippen LogP contribution < -0.4 is 0 Å². The minimum atomic E-state index is -0.840. The fourth-order valence-electron chi connectivity index (χ4n) is 1.04. The highest BCUT2D eigenvalue weighted by Gasteiger charge is 2.20. The second kappa shape index (κ2) is 4.77. The summed E-state index contributed by atoms with van der Waals surface area (Å²) in [4.78, 5) is 11.2. The first-order valence-electron chi connectivity index (χ1n) is 3.92. The molecule has 0 saturated carbocycles. The van der Waals surface area contributed by atoms with Gasteiger partial charge in [-0.3, -0.25) is 4.79 Å². The minimum Gasteiger partial charge on any atom is -0.468 e. The van der Waals surface area contributed by atoms with E-state index in [0.29, 0.717) is 5.56 Å². The normalized spacial score (nSPS) is 11.5. The van der Waals surface area contributed by atoms with Gasteiger partial charge in [-0.1, -0.05) is 28.1 Å². The van der Waals surface area contributed by atoms with Gasteiger partial charge in [-0.25, -0.2) is 0 Å². The Kier molecular flexibility index (Phi) is 3.66. The Morgan fingerprint density at radius 1 is 1.50 bits per heavy atom. The molecule has 0 aliphatic heterocycles. The van der Waals surface area contributed by atoms with E-state index in [2.05, 4.69) is 20.7 Å². The third-order valence-corrected chi connectivity index (χ3v) is 2.30. The topological polar surface area (TPSA) is 50.1 Å². The van der Waals surface area contributed by atoms with Crippen molar-refractivity contribution in [3.63, 3.8) is 0 Å². The van der Waals surface area contributed by atoms with Crippen molar-refractivity contribution < 1.29 is 9.53 Å². The van der Waals surface area contributed by atoms with Gasteiger partial charge < -0.3 is 4.74 Å². The van der Waals surface area contributed by atoms with E-state index < -0.39 is 11.9 Å². The van der Waals surface area contributed by atoms with E-state index in [4.69, 9.17) is 5.26 Å². The molecule has 0 aliphatic carbocycles. The van der Waals surface area contributed by atoms with Gasteiger partial charge in [0.25, 0.3) is 0 Å². The van der Waals surface area contributed by atoms with Crippen molar-refractivity contribution in [2.24, 2.45) is 0 Å². The zero-order chi connectivity index (χ0) is 10.6. The number of hydrogen-bond donors (Lipinski definition) is 0. The second-order valence-corrected chi connectivity index (χ2v) is 3.55. The van der Waals surface area contributed by atoms with Crippen LogP contribution in [0.1, 0.15) is 11.5 Å². The molecule has 1 rings (SSSR count). The number of rotatable bonds is 2. The van der Waals surface area contributed by atoms with Gasteiger partial charge in [0.1, 0.15) is 0 Å². The van der Waals surface area contributed by atoms with Crippen LogP contribution in [-0.4, -0.2) is 13.1 Å². The Morgan fingerprint density at radius 3 is 2.50 bits per heavy atom. The highest BCUT2D eigenvalue weighted by atomic mass is 79.9. The van der Waals surface area contributed by atoms with Crippen LogP contribution in [0.25, 0.3) is 0 Å². The first-order valence-corrected chi connectivity index (χ1v) is 4.71. The molecule has 4 heteroatoms. The number of esters is 1. The molecule has 0 radical (unpaired) electrons. The number of ether oxygens (including phenoxy) is 1. The Hall–Kier alpha value is -1.34. The Balaban J connectivity index is 2.97. The number of carbonyl (C=O) groups excluding carboxylic acids is 1. The summed E-state index contributed by atoms with van der Waals surface area (Å²) in [5.41, 5.74) is 0.641. The van der Waals surface area contributed by atoms with Crippen molar-refractivity contribution in [3.05, 3.63) is 34.3 Å². The number of carbonyl (C=O) groups is 1. The molecule has 0 unspecified atom stereocenters. The van der Waals surface area contributed by atoms with Gasteiger partial charge in [-0.05, 0) is 17.7 Å². The molecule has 1 aromatic carbocycles. The van der Waals surface area contributed by atoms with Gasteiger partial charge >= 0.3 is 5.97 Å². The summed E-state index contributed by atoms with van der Waals surface area (Å²) in [7, 11) is 1.27. The van der Waals surface area contributed by atoms with E-state index in [0.717, 1.165) is 4.47 Å². The molecule has 0 bridgehead atoms. The summed E-state index contributed by atoms with van der Waals surface area (Å²) in [5.74, 6) is -1.37. The van der Waals surface area contributed by atoms with Crippen LogP contribution in [-0.2, 0) is 9.53 Å². The molecule has 0 heterocycles. The molecule has 0 aliphatic rings. The number of halogens is 1. The fourth-order valence-corrected chi connectivity index (χ4v) is 1.30. The second-order valence-electron chi connectivity index (χ2n) is 2.64.